The number of para-hydroxylation sites is 1. The molecule has 3 amide bonds. The number of thioether (sulfide) groups is 1. The highest BCUT2D eigenvalue weighted by Crippen LogP contribution is 2.34. The highest BCUT2D eigenvalue weighted by molar-refractivity contribution is 8.18. The molecule has 0 radical (unpaired) electrons. The number of imide groups is 1. The average Bonchev–Trinajstić information content (AvgIpc) is 3.34. The molecule has 0 atom stereocenters. The van der Waals surface area contributed by atoms with Crippen molar-refractivity contribution in [3.05, 3.63) is 105 Å². The minimum atomic E-state index is -0.456. The van der Waals surface area contributed by atoms with Crippen LogP contribution >= 0.6 is 11.8 Å². The summed E-state index contributed by atoms with van der Waals surface area (Å²) in [6.45, 7) is 8.27. The van der Waals surface area contributed by atoms with Gasteiger partial charge in [0.25, 0.3) is 11.1 Å². The van der Waals surface area contributed by atoms with E-state index in [1.54, 1.807) is 6.08 Å². The van der Waals surface area contributed by atoms with E-state index in [-0.39, 0.29) is 6.54 Å². The summed E-state index contributed by atoms with van der Waals surface area (Å²) in [5.74, 6) is -0.860. The fourth-order valence-corrected chi connectivity index (χ4v) is 5.72. The first-order valence-electron chi connectivity index (χ1n) is 12.5. The van der Waals surface area contributed by atoms with Crippen molar-refractivity contribution in [1.82, 2.24) is 9.47 Å². The van der Waals surface area contributed by atoms with Crippen molar-refractivity contribution in [2.75, 3.05) is 11.9 Å². The van der Waals surface area contributed by atoms with Crippen LogP contribution in [0.5, 0.6) is 0 Å². The van der Waals surface area contributed by atoms with E-state index >= 15 is 0 Å². The highest BCUT2D eigenvalue weighted by atomic mass is 32.2. The van der Waals surface area contributed by atoms with E-state index in [4.69, 9.17) is 0 Å². The van der Waals surface area contributed by atoms with Gasteiger partial charge in [-0.05, 0) is 68.3 Å². The Morgan fingerprint density at radius 3 is 2.32 bits per heavy atom. The van der Waals surface area contributed by atoms with E-state index in [0.29, 0.717) is 17.1 Å². The molecular formula is C31H29N3O3S. The van der Waals surface area contributed by atoms with Crippen LogP contribution in [0.3, 0.4) is 0 Å². The van der Waals surface area contributed by atoms with Gasteiger partial charge < -0.3 is 9.88 Å². The van der Waals surface area contributed by atoms with E-state index in [9.17, 15) is 14.4 Å². The Kier molecular flexibility index (Phi) is 6.95. The third kappa shape index (κ3) is 5.15. The minimum absolute atomic E-state index is 0.309. The van der Waals surface area contributed by atoms with E-state index in [0.717, 1.165) is 49.8 Å². The van der Waals surface area contributed by atoms with Gasteiger partial charge in [0.1, 0.15) is 6.54 Å². The molecule has 1 aliphatic rings. The number of carbonyl (C=O) groups excluding carboxylic acids is 3. The number of fused-ring (bicyclic) bond motifs is 1. The minimum Gasteiger partial charge on any atom is -0.342 e. The second-order valence-electron chi connectivity index (χ2n) is 9.80. The topological polar surface area (TPSA) is 71.4 Å². The normalized spacial score (nSPS) is 14.6. The lowest BCUT2D eigenvalue weighted by molar-refractivity contribution is -0.127. The molecular weight excluding hydrogens is 494 g/mol. The molecule has 192 valence electrons. The maximum absolute atomic E-state index is 13.2. The summed E-state index contributed by atoms with van der Waals surface area (Å²) in [6.07, 6.45) is 3.76. The molecule has 1 fully saturated rings. The van der Waals surface area contributed by atoms with Gasteiger partial charge in [-0.25, -0.2) is 0 Å². The second kappa shape index (κ2) is 10.3. The van der Waals surface area contributed by atoms with Crippen molar-refractivity contribution in [3.8, 4) is 0 Å². The van der Waals surface area contributed by atoms with Crippen LogP contribution in [0.15, 0.2) is 71.8 Å². The number of anilines is 1. The lowest BCUT2D eigenvalue weighted by Crippen LogP contribution is -2.36. The molecule has 7 heteroatoms. The van der Waals surface area contributed by atoms with Gasteiger partial charge in [0.2, 0.25) is 5.91 Å². The van der Waals surface area contributed by atoms with Crippen LogP contribution in [0.2, 0.25) is 0 Å². The number of aryl methyl sites for hydroxylation is 4. The van der Waals surface area contributed by atoms with E-state index < -0.39 is 17.1 Å². The van der Waals surface area contributed by atoms with Crippen LogP contribution in [0.25, 0.3) is 17.0 Å². The number of rotatable bonds is 6. The molecule has 0 saturated carbocycles. The first kappa shape index (κ1) is 25.5. The number of hydrogen-bond donors (Lipinski definition) is 1. The largest absolute Gasteiger partial charge is 0.342 e. The molecule has 3 aromatic carbocycles. The SMILES string of the molecule is Cc1ccc(Cn2cc(/C=C3\SC(=O)N(CC(=O)Nc4c(C)cc(C)cc4C)C3=O)c3ccccc32)cc1. The maximum Gasteiger partial charge on any atom is 0.294 e. The number of benzene rings is 3. The zero-order valence-corrected chi connectivity index (χ0v) is 22.7. The van der Waals surface area contributed by atoms with Gasteiger partial charge in [-0.1, -0.05) is 65.7 Å². The van der Waals surface area contributed by atoms with Crippen LogP contribution in [-0.4, -0.2) is 33.1 Å². The number of nitrogens with one attached hydrogen (secondary N) is 1. The van der Waals surface area contributed by atoms with Gasteiger partial charge in [-0.15, -0.1) is 0 Å². The first-order chi connectivity index (χ1) is 18.2. The zero-order chi connectivity index (χ0) is 27.0. The number of aromatic nitrogens is 1. The van der Waals surface area contributed by atoms with Crippen LogP contribution in [0.4, 0.5) is 10.5 Å². The molecule has 38 heavy (non-hydrogen) atoms. The lowest BCUT2D eigenvalue weighted by atomic mass is 10.1. The molecule has 5 rings (SSSR count). The molecule has 0 aliphatic carbocycles. The van der Waals surface area contributed by atoms with Crippen molar-refractivity contribution in [3.63, 3.8) is 0 Å². The van der Waals surface area contributed by atoms with Crippen LogP contribution in [0.1, 0.15) is 33.4 Å². The van der Waals surface area contributed by atoms with Crippen molar-refractivity contribution < 1.29 is 14.4 Å². The Morgan fingerprint density at radius 2 is 1.61 bits per heavy atom. The van der Waals surface area contributed by atoms with Gasteiger partial charge in [0, 0.05) is 34.9 Å². The third-order valence-corrected chi connectivity index (χ3v) is 7.60. The maximum atomic E-state index is 13.2. The van der Waals surface area contributed by atoms with E-state index in [1.807, 2.05) is 63.4 Å². The van der Waals surface area contributed by atoms with Gasteiger partial charge in [-0.3, -0.25) is 19.3 Å². The molecule has 2 heterocycles. The van der Waals surface area contributed by atoms with Crippen molar-refractivity contribution in [1.29, 1.82) is 0 Å². The molecule has 1 N–H and O–H groups in total. The Hall–Kier alpha value is -4.10. The Labute approximate surface area is 226 Å². The van der Waals surface area contributed by atoms with Gasteiger partial charge in [-0.2, -0.15) is 0 Å². The number of amides is 3. The Balaban J connectivity index is 1.37. The van der Waals surface area contributed by atoms with Gasteiger partial charge in [0.05, 0.1) is 4.91 Å². The predicted molar refractivity (Wildman–Crippen MR) is 154 cm³/mol. The summed E-state index contributed by atoms with van der Waals surface area (Å²) in [6, 6.07) is 20.4. The smallest absolute Gasteiger partial charge is 0.294 e. The fourth-order valence-electron chi connectivity index (χ4n) is 4.89. The summed E-state index contributed by atoms with van der Waals surface area (Å²) in [5, 5.41) is 3.42. The summed E-state index contributed by atoms with van der Waals surface area (Å²) in [4.78, 5) is 40.0. The number of carbonyl (C=O) groups is 3. The summed E-state index contributed by atoms with van der Waals surface area (Å²) in [7, 11) is 0. The molecule has 0 spiro atoms. The second-order valence-corrected chi connectivity index (χ2v) is 10.8. The average molecular weight is 524 g/mol. The van der Waals surface area contributed by atoms with Crippen LogP contribution in [0, 0.1) is 27.7 Å². The quantitative estimate of drug-likeness (QED) is 0.289. The van der Waals surface area contributed by atoms with Crippen molar-refractivity contribution >= 4 is 51.5 Å². The number of nitrogens with zero attached hydrogens (tertiary/aromatic N) is 2. The van der Waals surface area contributed by atoms with Crippen LogP contribution < -0.4 is 5.32 Å². The molecule has 0 unspecified atom stereocenters. The number of hydrogen-bond acceptors (Lipinski definition) is 4. The van der Waals surface area contributed by atoms with E-state index in [2.05, 4.69) is 41.1 Å². The van der Waals surface area contributed by atoms with E-state index in [1.165, 1.54) is 11.1 Å². The van der Waals surface area contributed by atoms with Crippen LogP contribution in [-0.2, 0) is 16.1 Å². The van der Waals surface area contributed by atoms with Crippen molar-refractivity contribution in [2.45, 2.75) is 34.2 Å². The molecule has 4 aromatic rings. The molecule has 1 saturated heterocycles. The van der Waals surface area contributed by atoms with Crippen molar-refractivity contribution in [2.24, 2.45) is 0 Å². The summed E-state index contributed by atoms with van der Waals surface area (Å²) in [5.41, 5.74) is 7.97. The predicted octanol–water partition coefficient (Wildman–Crippen LogP) is 6.60. The van der Waals surface area contributed by atoms with Gasteiger partial charge >= 0.3 is 0 Å². The summed E-state index contributed by atoms with van der Waals surface area (Å²) < 4.78 is 2.15. The molecule has 6 nitrogen and oxygen atoms in total. The van der Waals surface area contributed by atoms with Gasteiger partial charge in [0.15, 0.2) is 0 Å². The highest BCUT2D eigenvalue weighted by Gasteiger charge is 2.36. The zero-order valence-electron chi connectivity index (χ0n) is 21.9. The summed E-state index contributed by atoms with van der Waals surface area (Å²) >= 11 is 0.866. The Morgan fingerprint density at radius 1 is 0.921 bits per heavy atom. The monoisotopic (exact) mass is 523 g/mol. The Bertz CT molecular complexity index is 1590. The standard InChI is InChI=1S/C31H29N3O3S/c1-19-9-11-23(12-10-19)16-33-17-24(25-7-5-6-8-26(25)33)15-27-30(36)34(31(37)38-27)18-28(35)32-29-21(3)13-20(2)14-22(29)4/h5-15,17H,16,18H2,1-4H3,(H,32,35)/b27-15-. The lowest BCUT2D eigenvalue weighted by Gasteiger charge is -2.15. The molecule has 1 aliphatic heterocycles. The molecule has 0 bridgehead atoms. The first-order valence-corrected chi connectivity index (χ1v) is 13.3. The third-order valence-electron chi connectivity index (χ3n) is 6.70. The fraction of sp³-hybridized carbons (Fsp3) is 0.194. The molecule has 1 aromatic heterocycles.